The number of halogens is 1. The van der Waals surface area contributed by atoms with Crippen LogP contribution in [0.3, 0.4) is 0 Å². The lowest BCUT2D eigenvalue weighted by Gasteiger charge is -1.99. The third kappa shape index (κ3) is 1.97. The van der Waals surface area contributed by atoms with Crippen LogP contribution in [0.1, 0.15) is 0 Å². The highest BCUT2D eigenvalue weighted by atomic mass is 127. The third-order valence-electron chi connectivity index (χ3n) is 1.40. The van der Waals surface area contributed by atoms with Gasteiger partial charge in [-0.1, -0.05) is 0 Å². The fraction of sp³-hybridized carbons (Fsp3) is 0.143. The second kappa shape index (κ2) is 3.86. The minimum atomic E-state index is 0.282. The predicted octanol–water partition coefficient (Wildman–Crippen LogP) is 1.00. The Morgan fingerprint density at radius 1 is 1.43 bits per heavy atom. The largest absolute Gasteiger partial charge is 0.403 e. The Balaban J connectivity index is 2.23. The van der Waals surface area contributed by atoms with Crippen molar-refractivity contribution in [1.29, 1.82) is 0 Å². The fourth-order valence-electron chi connectivity index (χ4n) is 0.829. The smallest absolute Gasteiger partial charge is 0.342 e. The molecule has 2 aromatic rings. The first-order valence-electron chi connectivity index (χ1n) is 3.74. The van der Waals surface area contributed by atoms with E-state index in [-0.39, 0.29) is 6.01 Å². The van der Waals surface area contributed by atoms with Gasteiger partial charge in [-0.3, -0.25) is 4.68 Å². The molecule has 0 aliphatic heterocycles. The zero-order chi connectivity index (χ0) is 9.97. The lowest BCUT2D eigenvalue weighted by molar-refractivity contribution is 0.418. The van der Waals surface area contributed by atoms with Gasteiger partial charge < -0.3 is 4.74 Å². The summed E-state index contributed by atoms with van der Waals surface area (Å²) in [5.41, 5.74) is 0. The molecule has 0 unspecified atom stereocenters. The highest BCUT2D eigenvalue weighted by Gasteiger charge is 2.06. The molecule has 7 heteroatoms. The monoisotopic (exact) mass is 303 g/mol. The molecule has 0 fully saturated rings. The molecule has 2 rings (SSSR count). The fourth-order valence-corrected chi connectivity index (χ4v) is 1.24. The van der Waals surface area contributed by atoms with E-state index in [4.69, 9.17) is 4.74 Å². The third-order valence-corrected chi connectivity index (χ3v) is 2.14. The van der Waals surface area contributed by atoms with Crippen molar-refractivity contribution in [2.24, 2.45) is 7.05 Å². The van der Waals surface area contributed by atoms with Gasteiger partial charge in [-0.15, -0.1) is 5.10 Å². The summed E-state index contributed by atoms with van der Waals surface area (Å²) < 4.78 is 7.70. The summed E-state index contributed by atoms with van der Waals surface area (Å²) in [5, 5.41) is 3.97. The van der Waals surface area contributed by atoms with Crippen LogP contribution in [0.25, 0.3) is 0 Å². The van der Waals surface area contributed by atoms with Crippen LogP contribution in [-0.2, 0) is 7.05 Å². The Labute approximate surface area is 93.5 Å². The number of hydrogen-bond donors (Lipinski definition) is 0. The van der Waals surface area contributed by atoms with E-state index in [1.807, 2.05) is 0 Å². The van der Waals surface area contributed by atoms with Crippen LogP contribution < -0.4 is 4.74 Å². The summed E-state index contributed by atoms with van der Waals surface area (Å²) in [6, 6.07) is 0.282. The van der Waals surface area contributed by atoms with E-state index >= 15 is 0 Å². The van der Waals surface area contributed by atoms with Crippen LogP contribution in [-0.4, -0.2) is 24.7 Å². The van der Waals surface area contributed by atoms with Gasteiger partial charge in [0.25, 0.3) is 0 Å². The minimum absolute atomic E-state index is 0.282. The molecule has 6 nitrogen and oxygen atoms in total. The summed E-state index contributed by atoms with van der Waals surface area (Å²) >= 11 is 2.08. The average molecular weight is 303 g/mol. The number of aromatic nitrogens is 5. The molecule has 0 saturated heterocycles. The van der Waals surface area contributed by atoms with E-state index in [0.717, 1.165) is 3.57 Å². The van der Waals surface area contributed by atoms with Crippen LogP contribution in [0, 0.1) is 3.57 Å². The first-order valence-corrected chi connectivity index (χ1v) is 4.82. The molecular weight excluding hydrogens is 297 g/mol. The van der Waals surface area contributed by atoms with Crippen molar-refractivity contribution >= 4 is 22.6 Å². The van der Waals surface area contributed by atoms with Crippen LogP contribution >= 0.6 is 22.6 Å². The molecule has 2 heterocycles. The molecule has 0 bridgehead atoms. The Bertz CT molecular complexity index is 443. The number of ether oxygens (including phenoxy) is 1. The molecule has 0 N–H and O–H groups in total. The number of aryl methyl sites for hydroxylation is 1. The Morgan fingerprint density at radius 2 is 2.29 bits per heavy atom. The average Bonchev–Trinajstić information content (AvgIpc) is 2.56. The number of nitrogens with zero attached hydrogens (tertiary/aromatic N) is 5. The summed E-state index contributed by atoms with van der Waals surface area (Å²) in [4.78, 5) is 11.7. The zero-order valence-corrected chi connectivity index (χ0v) is 9.41. The Kier molecular flexibility index (Phi) is 2.57. The molecular formula is C7H6IN5O. The van der Waals surface area contributed by atoms with Gasteiger partial charge in [-0.25, -0.2) is 9.97 Å². The maximum atomic E-state index is 5.33. The molecule has 0 saturated carbocycles. The van der Waals surface area contributed by atoms with E-state index in [1.165, 1.54) is 6.33 Å². The second-order valence-electron chi connectivity index (χ2n) is 2.48. The van der Waals surface area contributed by atoms with Gasteiger partial charge in [0.1, 0.15) is 12.7 Å². The van der Waals surface area contributed by atoms with Crippen LogP contribution in [0.15, 0.2) is 18.9 Å². The van der Waals surface area contributed by atoms with E-state index < -0.39 is 0 Å². The molecule has 0 aliphatic carbocycles. The van der Waals surface area contributed by atoms with E-state index in [9.17, 15) is 0 Å². The molecule has 2 aromatic heterocycles. The van der Waals surface area contributed by atoms with Crippen molar-refractivity contribution in [2.45, 2.75) is 0 Å². The van der Waals surface area contributed by atoms with Crippen molar-refractivity contribution in [3.05, 3.63) is 22.4 Å². The minimum Gasteiger partial charge on any atom is -0.403 e. The van der Waals surface area contributed by atoms with Gasteiger partial charge in [-0.2, -0.15) is 4.98 Å². The van der Waals surface area contributed by atoms with Gasteiger partial charge in [0.05, 0.1) is 3.57 Å². The molecule has 0 aromatic carbocycles. The lowest BCUT2D eigenvalue weighted by atomic mass is 10.6. The van der Waals surface area contributed by atoms with Gasteiger partial charge in [0.2, 0.25) is 5.88 Å². The predicted molar refractivity (Wildman–Crippen MR) is 55.8 cm³/mol. The molecule has 14 heavy (non-hydrogen) atoms. The Hall–Kier alpha value is -1.25. The van der Waals surface area contributed by atoms with Crippen molar-refractivity contribution < 1.29 is 4.74 Å². The van der Waals surface area contributed by atoms with Crippen LogP contribution in [0.5, 0.6) is 11.9 Å². The first-order chi connectivity index (χ1) is 6.75. The summed E-state index contributed by atoms with van der Waals surface area (Å²) in [6.45, 7) is 0. The standard InChI is InChI=1S/C7H6IN5O/c1-13-4-11-7(12-13)14-6-5(8)2-9-3-10-6/h2-4H,1H3. The van der Waals surface area contributed by atoms with Gasteiger partial charge in [0.15, 0.2) is 0 Å². The van der Waals surface area contributed by atoms with Crippen molar-refractivity contribution in [3.63, 3.8) is 0 Å². The highest BCUT2D eigenvalue weighted by Crippen LogP contribution is 2.19. The number of rotatable bonds is 2. The van der Waals surface area contributed by atoms with Crippen molar-refractivity contribution in [1.82, 2.24) is 24.7 Å². The highest BCUT2D eigenvalue weighted by molar-refractivity contribution is 14.1. The molecule has 72 valence electrons. The topological polar surface area (TPSA) is 65.7 Å². The van der Waals surface area contributed by atoms with Crippen LogP contribution in [0.2, 0.25) is 0 Å². The van der Waals surface area contributed by atoms with Crippen LogP contribution in [0.4, 0.5) is 0 Å². The second-order valence-corrected chi connectivity index (χ2v) is 3.64. The molecule has 0 aliphatic rings. The molecule has 0 spiro atoms. The summed E-state index contributed by atoms with van der Waals surface area (Å²) in [7, 11) is 1.77. The summed E-state index contributed by atoms with van der Waals surface area (Å²) in [6.07, 6.45) is 4.63. The maximum Gasteiger partial charge on any atom is 0.342 e. The van der Waals surface area contributed by atoms with E-state index in [1.54, 1.807) is 24.3 Å². The lowest BCUT2D eigenvalue weighted by Crippen LogP contribution is -1.94. The molecule has 0 radical (unpaired) electrons. The Morgan fingerprint density at radius 3 is 2.93 bits per heavy atom. The van der Waals surface area contributed by atoms with Crippen molar-refractivity contribution in [2.75, 3.05) is 0 Å². The van der Waals surface area contributed by atoms with E-state index in [2.05, 4.69) is 42.6 Å². The van der Waals surface area contributed by atoms with Gasteiger partial charge >= 0.3 is 6.01 Å². The van der Waals surface area contributed by atoms with E-state index in [0.29, 0.717) is 5.88 Å². The number of hydrogen-bond acceptors (Lipinski definition) is 5. The maximum absolute atomic E-state index is 5.33. The van der Waals surface area contributed by atoms with Gasteiger partial charge in [0, 0.05) is 13.2 Å². The quantitative estimate of drug-likeness (QED) is 0.774. The van der Waals surface area contributed by atoms with Gasteiger partial charge in [-0.05, 0) is 22.6 Å². The normalized spacial score (nSPS) is 10.1. The first kappa shape index (κ1) is 9.31. The van der Waals surface area contributed by atoms with Crippen molar-refractivity contribution in [3.8, 4) is 11.9 Å². The molecule has 0 amide bonds. The molecule has 0 atom stereocenters. The SMILES string of the molecule is Cn1cnc(Oc2ncncc2I)n1. The summed E-state index contributed by atoms with van der Waals surface area (Å²) in [5.74, 6) is 0.465. The zero-order valence-electron chi connectivity index (χ0n) is 7.25.